The summed E-state index contributed by atoms with van der Waals surface area (Å²) < 4.78 is 5.57. The van der Waals surface area contributed by atoms with Crippen LogP contribution in [0.4, 0.5) is 0 Å². The van der Waals surface area contributed by atoms with Gasteiger partial charge in [0, 0.05) is 12.5 Å². The molecule has 0 spiro atoms. The lowest BCUT2D eigenvalue weighted by Gasteiger charge is -2.31. The maximum absolute atomic E-state index is 5.77. The summed E-state index contributed by atoms with van der Waals surface area (Å²) in [6, 6.07) is 6.60. The summed E-state index contributed by atoms with van der Waals surface area (Å²) >= 11 is 0. The molecule has 0 aliphatic carbocycles. The lowest BCUT2D eigenvalue weighted by Crippen LogP contribution is -2.38. The number of rotatable bonds is 3. The lowest BCUT2D eigenvalue weighted by molar-refractivity contribution is 0.0388. The van der Waals surface area contributed by atoms with Crippen LogP contribution in [0.2, 0.25) is 0 Å². The van der Waals surface area contributed by atoms with Gasteiger partial charge in [-0.2, -0.15) is 0 Å². The fraction of sp³-hybridized carbons (Fsp3) is 0.571. The maximum atomic E-state index is 5.77. The van der Waals surface area contributed by atoms with Crippen LogP contribution >= 0.6 is 0 Å². The van der Waals surface area contributed by atoms with E-state index in [9.17, 15) is 0 Å². The Morgan fingerprint density at radius 2 is 2.06 bits per heavy atom. The molecule has 17 heavy (non-hydrogen) atoms. The molecule has 94 valence electrons. The topological polar surface area (TPSA) is 47.3 Å². The smallest absolute Gasteiger partial charge is 0.0515 e. The summed E-state index contributed by atoms with van der Waals surface area (Å²) in [5.74, 6) is 6.25. The third kappa shape index (κ3) is 2.68. The van der Waals surface area contributed by atoms with Gasteiger partial charge in [0.15, 0.2) is 0 Å². The zero-order valence-electron chi connectivity index (χ0n) is 10.7. The number of nitrogens with one attached hydrogen (secondary N) is 1. The van der Waals surface area contributed by atoms with Gasteiger partial charge in [-0.1, -0.05) is 18.2 Å². The van der Waals surface area contributed by atoms with Gasteiger partial charge in [0.1, 0.15) is 0 Å². The van der Waals surface area contributed by atoms with Crippen molar-refractivity contribution in [1.29, 1.82) is 0 Å². The third-order valence-electron chi connectivity index (χ3n) is 3.70. The van der Waals surface area contributed by atoms with Crippen molar-refractivity contribution in [3.63, 3.8) is 0 Å². The van der Waals surface area contributed by atoms with Gasteiger partial charge in [0.25, 0.3) is 0 Å². The van der Waals surface area contributed by atoms with Crippen LogP contribution in [-0.2, 0) is 4.74 Å². The molecule has 3 nitrogen and oxygen atoms in total. The highest BCUT2D eigenvalue weighted by Gasteiger charge is 2.26. The van der Waals surface area contributed by atoms with Gasteiger partial charge in [-0.15, -0.1) is 0 Å². The van der Waals surface area contributed by atoms with Crippen LogP contribution in [0, 0.1) is 19.8 Å². The molecule has 1 fully saturated rings. The standard InChI is InChI=1S/C14H22N2O/c1-10-5-3-6-11(2)13(10)14(16-15)12-7-4-8-17-9-12/h3,5-6,12,14,16H,4,7-9,15H2,1-2H3. The fourth-order valence-electron chi connectivity index (χ4n) is 2.80. The van der Waals surface area contributed by atoms with E-state index in [0.29, 0.717) is 5.92 Å². The number of benzene rings is 1. The largest absolute Gasteiger partial charge is 0.381 e. The van der Waals surface area contributed by atoms with Gasteiger partial charge >= 0.3 is 0 Å². The lowest BCUT2D eigenvalue weighted by atomic mass is 9.85. The molecule has 1 aromatic rings. The Labute approximate surface area is 103 Å². The van der Waals surface area contributed by atoms with Crippen LogP contribution in [-0.4, -0.2) is 13.2 Å². The highest BCUT2D eigenvalue weighted by Crippen LogP contribution is 2.31. The molecule has 3 heteroatoms. The maximum Gasteiger partial charge on any atom is 0.0515 e. The summed E-state index contributed by atoms with van der Waals surface area (Å²) in [6.07, 6.45) is 2.32. The number of hydrogen-bond acceptors (Lipinski definition) is 3. The highest BCUT2D eigenvalue weighted by molar-refractivity contribution is 5.36. The van der Waals surface area contributed by atoms with E-state index in [-0.39, 0.29) is 6.04 Å². The summed E-state index contributed by atoms with van der Waals surface area (Å²) in [5, 5.41) is 0. The minimum Gasteiger partial charge on any atom is -0.381 e. The monoisotopic (exact) mass is 234 g/mol. The molecule has 1 aliphatic heterocycles. The van der Waals surface area contributed by atoms with E-state index in [1.165, 1.54) is 23.1 Å². The molecule has 1 heterocycles. The summed E-state index contributed by atoms with van der Waals surface area (Å²) in [4.78, 5) is 0. The summed E-state index contributed by atoms with van der Waals surface area (Å²) in [6.45, 7) is 6.00. The molecule has 2 atom stereocenters. The Morgan fingerprint density at radius 1 is 1.35 bits per heavy atom. The molecule has 1 aromatic carbocycles. The minimum absolute atomic E-state index is 0.205. The van der Waals surface area contributed by atoms with E-state index in [1.54, 1.807) is 0 Å². The van der Waals surface area contributed by atoms with E-state index in [4.69, 9.17) is 10.6 Å². The van der Waals surface area contributed by atoms with Gasteiger partial charge in [-0.25, -0.2) is 0 Å². The van der Waals surface area contributed by atoms with Crippen molar-refractivity contribution in [2.75, 3.05) is 13.2 Å². The molecular weight excluding hydrogens is 212 g/mol. The molecule has 0 saturated carbocycles. The quantitative estimate of drug-likeness (QED) is 0.623. The Balaban J connectivity index is 2.27. The molecule has 0 bridgehead atoms. The molecule has 2 rings (SSSR count). The number of aryl methyl sites for hydroxylation is 2. The Kier molecular flexibility index (Phi) is 4.15. The molecular formula is C14H22N2O. The first kappa shape index (κ1) is 12.6. The molecule has 1 saturated heterocycles. The number of hydrazine groups is 1. The van der Waals surface area contributed by atoms with Crippen molar-refractivity contribution in [3.05, 3.63) is 34.9 Å². The zero-order valence-corrected chi connectivity index (χ0v) is 10.7. The average Bonchev–Trinajstić information content (AvgIpc) is 2.35. The van der Waals surface area contributed by atoms with Gasteiger partial charge in [-0.05, 0) is 43.4 Å². The van der Waals surface area contributed by atoms with Gasteiger partial charge in [0.05, 0.1) is 12.6 Å². The molecule has 0 aromatic heterocycles. The van der Waals surface area contributed by atoms with Crippen molar-refractivity contribution in [1.82, 2.24) is 5.43 Å². The van der Waals surface area contributed by atoms with Crippen molar-refractivity contribution >= 4 is 0 Å². The SMILES string of the molecule is Cc1cccc(C)c1C(NN)C1CCCOC1. The number of ether oxygens (including phenoxy) is 1. The van der Waals surface area contributed by atoms with Crippen molar-refractivity contribution in [2.24, 2.45) is 11.8 Å². The molecule has 2 unspecified atom stereocenters. The van der Waals surface area contributed by atoms with E-state index < -0.39 is 0 Å². The number of nitrogens with two attached hydrogens (primary N) is 1. The van der Waals surface area contributed by atoms with Crippen molar-refractivity contribution in [3.8, 4) is 0 Å². The highest BCUT2D eigenvalue weighted by atomic mass is 16.5. The van der Waals surface area contributed by atoms with Crippen LogP contribution in [0.5, 0.6) is 0 Å². The van der Waals surface area contributed by atoms with Crippen LogP contribution in [0.25, 0.3) is 0 Å². The first-order chi connectivity index (χ1) is 8.24. The predicted octanol–water partition coefficient (Wildman–Crippen LogP) is 2.23. The summed E-state index contributed by atoms with van der Waals surface area (Å²) in [5.41, 5.74) is 6.94. The normalized spacial score (nSPS) is 22.4. The van der Waals surface area contributed by atoms with Crippen molar-refractivity contribution in [2.45, 2.75) is 32.7 Å². The Bertz CT molecular complexity index is 352. The second kappa shape index (κ2) is 5.63. The zero-order chi connectivity index (χ0) is 12.3. The molecule has 1 aliphatic rings. The van der Waals surface area contributed by atoms with E-state index in [2.05, 4.69) is 37.5 Å². The fourth-order valence-corrected chi connectivity index (χ4v) is 2.80. The van der Waals surface area contributed by atoms with E-state index in [1.807, 2.05) is 0 Å². The molecule has 0 radical (unpaired) electrons. The van der Waals surface area contributed by atoms with Crippen LogP contribution in [0.1, 0.15) is 35.6 Å². The molecule has 3 N–H and O–H groups in total. The van der Waals surface area contributed by atoms with Gasteiger partial charge in [-0.3, -0.25) is 11.3 Å². The van der Waals surface area contributed by atoms with Crippen LogP contribution in [0.3, 0.4) is 0 Å². The van der Waals surface area contributed by atoms with Gasteiger partial charge < -0.3 is 4.74 Å². The minimum atomic E-state index is 0.205. The van der Waals surface area contributed by atoms with Gasteiger partial charge in [0.2, 0.25) is 0 Å². The van der Waals surface area contributed by atoms with Crippen molar-refractivity contribution < 1.29 is 4.74 Å². The van der Waals surface area contributed by atoms with Crippen LogP contribution in [0.15, 0.2) is 18.2 Å². The first-order valence-corrected chi connectivity index (χ1v) is 6.34. The average molecular weight is 234 g/mol. The summed E-state index contributed by atoms with van der Waals surface area (Å²) in [7, 11) is 0. The predicted molar refractivity (Wildman–Crippen MR) is 69.5 cm³/mol. The Morgan fingerprint density at radius 3 is 2.59 bits per heavy atom. The van der Waals surface area contributed by atoms with E-state index in [0.717, 1.165) is 19.6 Å². The van der Waals surface area contributed by atoms with E-state index >= 15 is 0 Å². The Hall–Kier alpha value is -0.900. The third-order valence-corrected chi connectivity index (χ3v) is 3.70. The second-order valence-corrected chi connectivity index (χ2v) is 4.93. The second-order valence-electron chi connectivity index (χ2n) is 4.93. The molecule has 0 amide bonds. The number of hydrogen-bond donors (Lipinski definition) is 2. The first-order valence-electron chi connectivity index (χ1n) is 6.34. The van der Waals surface area contributed by atoms with Crippen LogP contribution < -0.4 is 11.3 Å².